The van der Waals surface area contributed by atoms with Crippen molar-refractivity contribution < 1.29 is 14.8 Å². The topological polar surface area (TPSA) is 88.6 Å². The van der Waals surface area contributed by atoms with Crippen LogP contribution in [0.3, 0.4) is 0 Å². The van der Waals surface area contributed by atoms with Crippen molar-refractivity contribution in [2.45, 2.75) is 38.8 Å². The van der Waals surface area contributed by atoms with Gasteiger partial charge in [0.25, 0.3) is 11.6 Å². The average molecular weight is 281 g/mol. The van der Waals surface area contributed by atoms with Crippen LogP contribution in [0.15, 0.2) is 12.3 Å². The minimum atomic E-state index is -0.792. The van der Waals surface area contributed by atoms with Crippen LogP contribution in [0.1, 0.15) is 37.2 Å². The van der Waals surface area contributed by atoms with Gasteiger partial charge in [0.15, 0.2) is 0 Å². The molecule has 0 aromatic carbocycles. The number of hydrogen-bond acceptors (Lipinski definition) is 4. The largest absolute Gasteiger partial charge is 0.386 e. The van der Waals surface area contributed by atoms with Crippen molar-refractivity contribution in [3.63, 3.8) is 0 Å². The first-order valence-electron chi connectivity index (χ1n) is 6.76. The van der Waals surface area contributed by atoms with E-state index in [1.807, 2.05) is 13.8 Å². The summed E-state index contributed by atoms with van der Waals surface area (Å²) >= 11 is 0. The third kappa shape index (κ3) is 2.53. The summed E-state index contributed by atoms with van der Waals surface area (Å²) in [7, 11) is 0. The summed E-state index contributed by atoms with van der Waals surface area (Å²) in [4.78, 5) is 24.1. The Balaban J connectivity index is 2.13. The molecule has 0 unspecified atom stereocenters. The number of nitro groups is 1. The number of nitrogens with zero attached hydrogens (tertiary/aromatic N) is 3. The monoisotopic (exact) mass is 281 g/mol. The molecule has 2 heterocycles. The summed E-state index contributed by atoms with van der Waals surface area (Å²) in [6.07, 6.45) is 2.88. The van der Waals surface area contributed by atoms with E-state index in [0.29, 0.717) is 31.7 Å². The predicted molar refractivity (Wildman–Crippen MR) is 72.5 cm³/mol. The molecule has 7 nitrogen and oxygen atoms in total. The lowest BCUT2D eigenvalue weighted by Crippen LogP contribution is -2.63. The van der Waals surface area contributed by atoms with Crippen LogP contribution in [-0.2, 0) is 6.54 Å². The molecule has 0 bridgehead atoms. The highest BCUT2D eigenvalue weighted by Gasteiger charge is 2.43. The van der Waals surface area contributed by atoms with Gasteiger partial charge in [-0.05, 0) is 13.3 Å². The maximum absolute atomic E-state index is 12.3. The third-order valence-electron chi connectivity index (χ3n) is 3.63. The standard InChI is InChI=1S/C13H19N3O4/c1-3-5-13(18)8-15(9-13)12(17)11-6-10(16(19)20)7-14(11)4-2/h6-7,18H,3-5,8-9H2,1-2H3. The Hall–Kier alpha value is -1.89. The quantitative estimate of drug-likeness (QED) is 0.652. The van der Waals surface area contributed by atoms with E-state index < -0.39 is 10.5 Å². The predicted octanol–water partition coefficient (Wildman–Crippen LogP) is 1.40. The van der Waals surface area contributed by atoms with Crippen LogP contribution in [0.5, 0.6) is 0 Å². The van der Waals surface area contributed by atoms with Crippen LogP contribution in [0.4, 0.5) is 5.69 Å². The number of aryl methyl sites for hydroxylation is 1. The Kier molecular flexibility index (Phi) is 3.80. The second-order valence-corrected chi connectivity index (χ2v) is 5.26. The normalized spacial score (nSPS) is 16.9. The van der Waals surface area contributed by atoms with Crippen LogP contribution >= 0.6 is 0 Å². The zero-order chi connectivity index (χ0) is 14.9. The number of hydrogen-bond donors (Lipinski definition) is 1. The number of carbonyl (C=O) groups is 1. The van der Waals surface area contributed by atoms with Gasteiger partial charge in [0.1, 0.15) is 5.69 Å². The molecule has 7 heteroatoms. The summed E-state index contributed by atoms with van der Waals surface area (Å²) in [5, 5.41) is 20.9. The molecule has 1 N–H and O–H groups in total. The van der Waals surface area contributed by atoms with E-state index in [-0.39, 0.29) is 11.6 Å². The molecule has 2 rings (SSSR count). The lowest BCUT2D eigenvalue weighted by Gasteiger charge is -2.46. The molecular weight excluding hydrogens is 262 g/mol. The summed E-state index contributed by atoms with van der Waals surface area (Å²) < 4.78 is 1.57. The van der Waals surface area contributed by atoms with Gasteiger partial charge < -0.3 is 14.6 Å². The van der Waals surface area contributed by atoms with Crippen LogP contribution < -0.4 is 0 Å². The molecule has 0 spiro atoms. The van der Waals surface area contributed by atoms with Crippen molar-refractivity contribution in [3.8, 4) is 0 Å². The Morgan fingerprint density at radius 1 is 1.50 bits per heavy atom. The van der Waals surface area contributed by atoms with Crippen LogP contribution in [-0.4, -0.2) is 44.1 Å². The van der Waals surface area contributed by atoms with E-state index in [0.717, 1.165) is 6.42 Å². The van der Waals surface area contributed by atoms with Gasteiger partial charge in [0.05, 0.1) is 29.8 Å². The first-order valence-corrected chi connectivity index (χ1v) is 6.76. The fraction of sp³-hybridized carbons (Fsp3) is 0.615. The highest BCUT2D eigenvalue weighted by molar-refractivity contribution is 5.94. The maximum atomic E-state index is 12.3. The van der Waals surface area contributed by atoms with Gasteiger partial charge in [-0.3, -0.25) is 14.9 Å². The van der Waals surface area contributed by atoms with Gasteiger partial charge in [-0.2, -0.15) is 0 Å². The molecular formula is C13H19N3O4. The lowest BCUT2D eigenvalue weighted by atomic mass is 9.89. The fourth-order valence-electron chi connectivity index (χ4n) is 2.63. The number of likely N-dealkylation sites (tertiary alicyclic amines) is 1. The average Bonchev–Trinajstić information content (AvgIpc) is 2.79. The number of aromatic nitrogens is 1. The van der Waals surface area contributed by atoms with Gasteiger partial charge >= 0.3 is 0 Å². The first-order chi connectivity index (χ1) is 9.40. The minimum absolute atomic E-state index is 0.0838. The summed E-state index contributed by atoms with van der Waals surface area (Å²) in [6.45, 7) is 4.88. The van der Waals surface area contributed by atoms with Crippen molar-refractivity contribution in [3.05, 3.63) is 28.1 Å². The number of amides is 1. The van der Waals surface area contributed by atoms with Crippen molar-refractivity contribution in [2.75, 3.05) is 13.1 Å². The van der Waals surface area contributed by atoms with Crippen molar-refractivity contribution in [1.82, 2.24) is 9.47 Å². The second-order valence-electron chi connectivity index (χ2n) is 5.26. The van der Waals surface area contributed by atoms with E-state index in [2.05, 4.69) is 0 Å². The number of aliphatic hydroxyl groups is 1. The van der Waals surface area contributed by atoms with Crippen LogP contribution in [0, 0.1) is 10.1 Å². The highest BCUT2D eigenvalue weighted by atomic mass is 16.6. The maximum Gasteiger partial charge on any atom is 0.287 e. The smallest absolute Gasteiger partial charge is 0.287 e. The van der Waals surface area contributed by atoms with E-state index in [4.69, 9.17) is 0 Å². The summed E-state index contributed by atoms with van der Waals surface area (Å²) in [5.41, 5.74) is -0.572. The van der Waals surface area contributed by atoms with Crippen LogP contribution in [0.2, 0.25) is 0 Å². The molecule has 1 fully saturated rings. The third-order valence-corrected chi connectivity index (χ3v) is 3.63. The highest BCUT2D eigenvalue weighted by Crippen LogP contribution is 2.28. The van der Waals surface area contributed by atoms with Crippen molar-refractivity contribution in [1.29, 1.82) is 0 Å². The molecule has 1 amide bonds. The molecule has 1 aromatic rings. The molecule has 110 valence electrons. The first kappa shape index (κ1) is 14.5. The van der Waals surface area contributed by atoms with Gasteiger partial charge in [-0.1, -0.05) is 13.3 Å². The fourth-order valence-corrected chi connectivity index (χ4v) is 2.63. The van der Waals surface area contributed by atoms with E-state index in [1.54, 1.807) is 4.57 Å². The SMILES string of the molecule is CCCC1(O)CN(C(=O)c2cc([N+](=O)[O-])cn2CC)C1. The van der Waals surface area contributed by atoms with Crippen molar-refractivity contribution in [2.24, 2.45) is 0 Å². The lowest BCUT2D eigenvalue weighted by molar-refractivity contribution is -0.384. The molecule has 1 aliphatic rings. The van der Waals surface area contributed by atoms with Crippen molar-refractivity contribution >= 4 is 11.6 Å². The van der Waals surface area contributed by atoms with Crippen LogP contribution in [0.25, 0.3) is 0 Å². The van der Waals surface area contributed by atoms with E-state index >= 15 is 0 Å². The van der Waals surface area contributed by atoms with E-state index in [9.17, 15) is 20.0 Å². The molecule has 1 aliphatic heterocycles. The molecule has 0 aliphatic carbocycles. The zero-order valence-corrected chi connectivity index (χ0v) is 11.7. The Morgan fingerprint density at radius 3 is 2.65 bits per heavy atom. The van der Waals surface area contributed by atoms with Gasteiger partial charge in [0.2, 0.25) is 0 Å². The molecule has 0 atom stereocenters. The molecule has 20 heavy (non-hydrogen) atoms. The van der Waals surface area contributed by atoms with Gasteiger partial charge in [-0.25, -0.2) is 0 Å². The Morgan fingerprint density at radius 2 is 2.15 bits per heavy atom. The van der Waals surface area contributed by atoms with Gasteiger partial charge in [-0.15, -0.1) is 0 Å². The Bertz CT molecular complexity index is 532. The number of rotatable bonds is 5. The summed E-state index contributed by atoms with van der Waals surface area (Å²) in [5.74, 6) is -0.263. The number of carbonyl (C=O) groups excluding carboxylic acids is 1. The Labute approximate surface area is 116 Å². The summed E-state index contributed by atoms with van der Waals surface area (Å²) in [6, 6.07) is 1.29. The number of β-amino-alcohol motifs (C(OH)–C–C–N with tert-alkyl or cyclic N) is 1. The molecule has 0 radical (unpaired) electrons. The zero-order valence-electron chi connectivity index (χ0n) is 11.7. The van der Waals surface area contributed by atoms with E-state index in [1.165, 1.54) is 17.2 Å². The second kappa shape index (κ2) is 5.24. The molecule has 1 saturated heterocycles. The van der Waals surface area contributed by atoms with Gasteiger partial charge in [0, 0.05) is 12.6 Å². The molecule has 1 aromatic heterocycles. The molecule has 0 saturated carbocycles. The minimum Gasteiger partial charge on any atom is -0.386 e.